The number of aryl methyl sites for hydroxylation is 1. The first kappa shape index (κ1) is 16.4. The van der Waals surface area contributed by atoms with Gasteiger partial charge < -0.3 is 15.4 Å². The van der Waals surface area contributed by atoms with E-state index in [2.05, 4.69) is 39.0 Å². The molecule has 2 aromatic carbocycles. The molecule has 0 amide bonds. The molecule has 0 aliphatic rings. The molecule has 2 N–H and O–H groups in total. The maximum absolute atomic E-state index is 5.38. The quantitative estimate of drug-likeness (QED) is 0.669. The van der Waals surface area contributed by atoms with E-state index in [4.69, 9.17) is 4.74 Å². The van der Waals surface area contributed by atoms with Crippen molar-refractivity contribution in [2.24, 2.45) is 0 Å². The summed E-state index contributed by atoms with van der Waals surface area (Å²) in [5.41, 5.74) is 4.01. The average Bonchev–Trinajstić information content (AvgIpc) is 2.61. The first-order valence-electron chi connectivity index (χ1n) is 7.58. The van der Waals surface area contributed by atoms with Crippen molar-refractivity contribution in [3.63, 3.8) is 0 Å². The molecule has 1 heterocycles. The molecular formula is C18H20N4OS. The summed E-state index contributed by atoms with van der Waals surface area (Å²) in [5, 5.41) is 7.58. The van der Waals surface area contributed by atoms with Crippen molar-refractivity contribution in [1.82, 2.24) is 9.97 Å². The van der Waals surface area contributed by atoms with E-state index in [9.17, 15) is 0 Å². The van der Waals surface area contributed by atoms with Gasteiger partial charge in [-0.3, -0.25) is 0 Å². The zero-order valence-electron chi connectivity index (χ0n) is 14.2. The molecule has 0 saturated carbocycles. The van der Waals surface area contributed by atoms with Crippen LogP contribution >= 0.6 is 11.8 Å². The number of fused-ring (bicyclic) bond motifs is 1. The first-order chi connectivity index (χ1) is 11.7. The van der Waals surface area contributed by atoms with Crippen molar-refractivity contribution in [2.75, 3.05) is 31.0 Å². The summed E-state index contributed by atoms with van der Waals surface area (Å²) in [5.74, 6) is 1.62. The van der Waals surface area contributed by atoms with Crippen LogP contribution in [0.5, 0.6) is 5.75 Å². The van der Waals surface area contributed by atoms with Crippen molar-refractivity contribution >= 4 is 39.9 Å². The summed E-state index contributed by atoms with van der Waals surface area (Å²) in [7, 11) is 3.60. The van der Waals surface area contributed by atoms with Crippen molar-refractivity contribution in [3.8, 4) is 5.75 Å². The van der Waals surface area contributed by atoms with Crippen LogP contribution in [-0.2, 0) is 0 Å². The van der Waals surface area contributed by atoms with Gasteiger partial charge in [-0.2, -0.15) is 0 Å². The Morgan fingerprint density at radius 3 is 2.67 bits per heavy atom. The second-order valence-corrected chi connectivity index (χ2v) is 6.20. The number of nitrogens with one attached hydrogen (secondary N) is 2. The van der Waals surface area contributed by atoms with Crippen molar-refractivity contribution in [3.05, 3.63) is 42.2 Å². The Balaban J connectivity index is 2.02. The van der Waals surface area contributed by atoms with Crippen LogP contribution in [0.2, 0.25) is 0 Å². The minimum Gasteiger partial charge on any atom is -0.496 e. The second-order valence-electron chi connectivity index (χ2n) is 5.35. The van der Waals surface area contributed by atoms with Gasteiger partial charge in [-0.15, -0.1) is 11.8 Å². The molecule has 6 heteroatoms. The highest BCUT2D eigenvalue weighted by molar-refractivity contribution is 7.98. The van der Waals surface area contributed by atoms with Gasteiger partial charge in [0.25, 0.3) is 0 Å². The van der Waals surface area contributed by atoms with Crippen LogP contribution in [0.25, 0.3) is 10.9 Å². The van der Waals surface area contributed by atoms with Crippen LogP contribution in [0.4, 0.5) is 17.2 Å². The number of nitrogens with zero attached hydrogens (tertiary/aromatic N) is 2. The Hall–Kier alpha value is -2.47. The molecule has 24 heavy (non-hydrogen) atoms. The Bertz CT molecular complexity index is 882. The number of benzene rings is 2. The lowest BCUT2D eigenvalue weighted by Gasteiger charge is -2.13. The predicted octanol–water partition coefficient (Wildman–Crippen LogP) is 4.45. The third kappa shape index (κ3) is 3.10. The van der Waals surface area contributed by atoms with E-state index >= 15 is 0 Å². The number of thioether (sulfide) groups is 1. The molecule has 0 saturated heterocycles. The molecular weight excluding hydrogens is 320 g/mol. The number of ether oxygens (including phenoxy) is 1. The van der Waals surface area contributed by atoms with Crippen molar-refractivity contribution < 1.29 is 4.74 Å². The van der Waals surface area contributed by atoms with Crippen LogP contribution in [-0.4, -0.2) is 30.4 Å². The highest BCUT2D eigenvalue weighted by atomic mass is 32.2. The van der Waals surface area contributed by atoms with Crippen LogP contribution in [0, 0.1) is 6.92 Å². The van der Waals surface area contributed by atoms with Gasteiger partial charge >= 0.3 is 0 Å². The fourth-order valence-electron chi connectivity index (χ4n) is 2.62. The van der Waals surface area contributed by atoms with Gasteiger partial charge in [0.2, 0.25) is 0 Å². The maximum Gasteiger partial charge on any atom is 0.141 e. The molecule has 0 bridgehead atoms. The number of methoxy groups -OCH3 is 1. The van der Waals surface area contributed by atoms with E-state index < -0.39 is 0 Å². The molecule has 1 aromatic heterocycles. The molecule has 0 aliphatic carbocycles. The van der Waals surface area contributed by atoms with Crippen LogP contribution in [0.1, 0.15) is 5.56 Å². The summed E-state index contributed by atoms with van der Waals surface area (Å²) in [6, 6.07) is 10.2. The monoisotopic (exact) mass is 340 g/mol. The second kappa shape index (κ2) is 6.97. The third-order valence-corrected chi connectivity index (χ3v) is 4.66. The molecule has 0 aliphatic heterocycles. The SMILES string of the molecule is CNc1ccc(Nc2ncnc3cc(OC)c(C)cc23)cc1SC. The zero-order valence-corrected chi connectivity index (χ0v) is 15.0. The fourth-order valence-corrected chi connectivity index (χ4v) is 3.26. The molecule has 0 unspecified atom stereocenters. The van der Waals surface area contributed by atoms with Gasteiger partial charge in [0.05, 0.1) is 12.6 Å². The molecule has 124 valence electrons. The molecule has 0 fully saturated rings. The molecule has 3 rings (SSSR count). The number of aromatic nitrogens is 2. The summed E-state index contributed by atoms with van der Waals surface area (Å²) in [6.45, 7) is 2.02. The Morgan fingerprint density at radius 2 is 1.96 bits per heavy atom. The van der Waals surface area contributed by atoms with E-state index in [1.165, 1.54) is 4.90 Å². The molecule has 3 aromatic rings. The smallest absolute Gasteiger partial charge is 0.141 e. The zero-order chi connectivity index (χ0) is 17.1. The minimum absolute atomic E-state index is 0.787. The summed E-state index contributed by atoms with van der Waals surface area (Å²) in [4.78, 5) is 9.94. The van der Waals surface area contributed by atoms with Gasteiger partial charge in [-0.05, 0) is 43.0 Å². The van der Waals surface area contributed by atoms with Crippen LogP contribution in [0.15, 0.2) is 41.6 Å². The summed E-state index contributed by atoms with van der Waals surface area (Å²) >= 11 is 1.70. The Morgan fingerprint density at radius 1 is 1.12 bits per heavy atom. The van der Waals surface area contributed by atoms with Gasteiger partial charge in [0, 0.05) is 34.8 Å². The normalized spacial score (nSPS) is 10.7. The van der Waals surface area contributed by atoms with Gasteiger partial charge in [-0.1, -0.05) is 0 Å². The number of hydrogen-bond donors (Lipinski definition) is 2. The van der Waals surface area contributed by atoms with Gasteiger partial charge in [-0.25, -0.2) is 9.97 Å². The van der Waals surface area contributed by atoms with Crippen LogP contribution < -0.4 is 15.4 Å². The first-order valence-corrected chi connectivity index (χ1v) is 8.81. The van der Waals surface area contributed by atoms with E-state index in [0.29, 0.717) is 0 Å². The van der Waals surface area contributed by atoms with E-state index in [0.717, 1.165) is 39.4 Å². The lowest BCUT2D eigenvalue weighted by Crippen LogP contribution is -1.98. The fraction of sp³-hybridized carbons (Fsp3) is 0.222. The van der Waals surface area contributed by atoms with E-state index in [1.54, 1.807) is 25.2 Å². The summed E-state index contributed by atoms with van der Waals surface area (Å²) in [6.07, 6.45) is 3.63. The standard InChI is InChI=1S/C18H20N4OS/c1-11-7-13-15(9-16(11)23-3)20-10-21-18(13)22-12-5-6-14(19-2)17(8-12)24-4/h5-10,19H,1-4H3,(H,20,21,22). The molecule has 0 spiro atoms. The molecule has 5 nitrogen and oxygen atoms in total. The third-order valence-electron chi connectivity index (χ3n) is 3.89. The van der Waals surface area contributed by atoms with Gasteiger partial charge in [0.15, 0.2) is 0 Å². The van der Waals surface area contributed by atoms with Gasteiger partial charge in [0.1, 0.15) is 17.9 Å². The topological polar surface area (TPSA) is 59.1 Å². The maximum atomic E-state index is 5.38. The Kier molecular flexibility index (Phi) is 4.76. The minimum atomic E-state index is 0.787. The van der Waals surface area contributed by atoms with Crippen LogP contribution in [0.3, 0.4) is 0 Å². The van der Waals surface area contributed by atoms with Crippen molar-refractivity contribution in [2.45, 2.75) is 11.8 Å². The summed E-state index contributed by atoms with van der Waals surface area (Å²) < 4.78 is 5.38. The Labute approximate surface area is 145 Å². The number of anilines is 3. The lowest BCUT2D eigenvalue weighted by atomic mass is 10.1. The highest BCUT2D eigenvalue weighted by Gasteiger charge is 2.09. The molecule has 0 atom stereocenters. The van der Waals surface area contributed by atoms with E-state index in [1.807, 2.05) is 32.2 Å². The average molecular weight is 340 g/mol. The number of hydrogen-bond acceptors (Lipinski definition) is 6. The van der Waals surface area contributed by atoms with Crippen molar-refractivity contribution in [1.29, 1.82) is 0 Å². The highest BCUT2D eigenvalue weighted by Crippen LogP contribution is 2.32. The van der Waals surface area contributed by atoms with E-state index in [-0.39, 0.29) is 0 Å². The lowest BCUT2D eigenvalue weighted by molar-refractivity contribution is 0.412. The largest absolute Gasteiger partial charge is 0.496 e. The molecule has 0 radical (unpaired) electrons. The predicted molar refractivity (Wildman–Crippen MR) is 102 cm³/mol. The number of rotatable bonds is 5.